The number of carbonyl (C=O) groups is 2. The molecular formula is C17H35IN6O3. The summed E-state index contributed by atoms with van der Waals surface area (Å²) in [5.74, 6) is 0.903. The third-order valence-corrected chi connectivity index (χ3v) is 4.11. The van der Waals surface area contributed by atoms with Crippen LogP contribution in [0.25, 0.3) is 0 Å². The van der Waals surface area contributed by atoms with Crippen molar-refractivity contribution < 1.29 is 14.3 Å². The Labute approximate surface area is 179 Å². The number of aliphatic imine (C=N–C) groups is 1. The predicted octanol–water partition coefficient (Wildman–Crippen LogP) is -0.668. The monoisotopic (exact) mass is 498 g/mol. The minimum atomic E-state index is -0.00547. The summed E-state index contributed by atoms with van der Waals surface area (Å²) in [6.45, 7) is 9.66. The van der Waals surface area contributed by atoms with E-state index in [9.17, 15) is 9.59 Å². The van der Waals surface area contributed by atoms with Gasteiger partial charge in [-0.25, -0.2) is 0 Å². The van der Waals surface area contributed by atoms with Gasteiger partial charge in [-0.2, -0.15) is 0 Å². The first-order valence-electron chi connectivity index (χ1n) is 9.19. The lowest BCUT2D eigenvalue weighted by molar-refractivity contribution is -0.124. The fraction of sp³-hybridized carbons (Fsp3) is 0.824. The topological polar surface area (TPSA) is 98.3 Å². The van der Waals surface area contributed by atoms with Gasteiger partial charge in [-0.15, -0.1) is 24.0 Å². The van der Waals surface area contributed by atoms with Crippen LogP contribution in [0.4, 0.5) is 0 Å². The Kier molecular flexibility index (Phi) is 14.2. The minimum Gasteiger partial charge on any atom is -0.383 e. The number of halogens is 1. The van der Waals surface area contributed by atoms with Gasteiger partial charge in [-0.1, -0.05) is 13.8 Å². The maximum Gasteiger partial charge on any atom is 0.234 e. The van der Waals surface area contributed by atoms with Gasteiger partial charge in [-0.05, 0) is 0 Å². The van der Waals surface area contributed by atoms with Crippen molar-refractivity contribution in [2.75, 3.05) is 73.1 Å². The number of piperazine rings is 1. The molecule has 3 N–H and O–H groups in total. The third-order valence-electron chi connectivity index (χ3n) is 4.11. The molecule has 1 heterocycles. The van der Waals surface area contributed by atoms with Gasteiger partial charge in [-0.3, -0.25) is 19.5 Å². The highest BCUT2D eigenvalue weighted by Gasteiger charge is 2.20. The molecule has 0 unspecified atom stereocenters. The van der Waals surface area contributed by atoms with Crippen LogP contribution in [0.2, 0.25) is 0 Å². The zero-order chi connectivity index (χ0) is 19.4. The largest absolute Gasteiger partial charge is 0.383 e. The average molecular weight is 498 g/mol. The quantitative estimate of drug-likeness (QED) is 0.169. The van der Waals surface area contributed by atoms with Crippen LogP contribution in [-0.2, 0) is 14.3 Å². The summed E-state index contributed by atoms with van der Waals surface area (Å²) in [6, 6.07) is 0. The number of rotatable bonds is 9. The van der Waals surface area contributed by atoms with Crippen LogP contribution in [0.3, 0.4) is 0 Å². The van der Waals surface area contributed by atoms with Crippen LogP contribution < -0.4 is 16.0 Å². The van der Waals surface area contributed by atoms with E-state index in [0.717, 1.165) is 32.1 Å². The molecule has 10 heteroatoms. The van der Waals surface area contributed by atoms with E-state index in [2.05, 4.69) is 30.7 Å². The fourth-order valence-electron chi connectivity index (χ4n) is 2.57. The molecule has 0 saturated carbocycles. The number of carbonyl (C=O) groups excluding carboxylic acids is 2. The number of nitrogens with zero attached hydrogens (tertiary/aromatic N) is 3. The summed E-state index contributed by atoms with van der Waals surface area (Å²) in [5, 5.41) is 8.99. The Morgan fingerprint density at radius 2 is 1.67 bits per heavy atom. The zero-order valence-corrected chi connectivity index (χ0v) is 19.2. The van der Waals surface area contributed by atoms with Crippen molar-refractivity contribution >= 4 is 41.8 Å². The van der Waals surface area contributed by atoms with E-state index in [1.54, 1.807) is 14.2 Å². The van der Waals surface area contributed by atoms with Gasteiger partial charge in [0.25, 0.3) is 0 Å². The van der Waals surface area contributed by atoms with E-state index >= 15 is 0 Å². The highest BCUT2D eigenvalue weighted by atomic mass is 127. The lowest BCUT2D eigenvalue weighted by Gasteiger charge is -2.36. The molecule has 0 radical (unpaired) electrons. The molecular weight excluding hydrogens is 463 g/mol. The molecule has 1 saturated heterocycles. The van der Waals surface area contributed by atoms with Crippen molar-refractivity contribution in [3.05, 3.63) is 0 Å². The van der Waals surface area contributed by atoms with Crippen molar-refractivity contribution in [1.29, 1.82) is 0 Å². The molecule has 158 valence electrons. The van der Waals surface area contributed by atoms with Gasteiger partial charge in [0.05, 0.1) is 13.2 Å². The maximum atomic E-state index is 11.8. The summed E-state index contributed by atoms with van der Waals surface area (Å²) in [7, 11) is 3.37. The van der Waals surface area contributed by atoms with Crippen molar-refractivity contribution in [3.8, 4) is 0 Å². The second kappa shape index (κ2) is 14.9. The number of ether oxygens (including phenoxy) is 1. The normalized spacial score (nSPS) is 15.3. The average Bonchev–Trinajstić information content (AvgIpc) is 2.62. The Balaban J connectivity index is 0.00000676. The van der Waals surface area contributed by atoms with Gasteiger partial charge in [0, 0.05) is 65.9 Å². The number of methoxy groups -OCH3 is 1. The van der Waals surface area contributed by atoms with Gasteiger partial charge in [0.2, 0.25) is 11.8 Å². The smallest absolute Gasteiger partial charge is 0.234 e. The SMILES string of the molecule is CN=C(NCCNC(=O)C(C)C)N1CCN(CC(=O)NCCOC)CC1.I. The van der Waals surface area contributed by atoms with Crippen LogP contribution in [-0.4, -0.2) is 101 Å². The Hall–Kier alpha value is -1.14. The van der Waals surface area contributed by atoms with E-state index in [1.165, 1.54) is 0 Å². The first-order chi connectivity index (χ1) is 12.5. The molecule has 0 aromatic carbocycles. The van der Waals surface area contributed by atoms with Gasteiger partial charge in [0.1, 0.15) is 0 Å². The van der Waals surface area contributed by atoms with Crippen LogP contribution in [0.5, 0.6) is 0 Å². The van der Waals surface area contributed by atoms with E-state index in [1.807, 2.05) is 13.8 Å². The molecule has 1 aliphatic rings. The number of hydrogen-bond acceptors (Lipinski definition) is 5. The van der Waals surface area contributed by atoms with Crippen molar-refractivity contribution in [3.63, 3.8) is 0 Å². The molecule has 0 aromatic rings. The molecule has 1 fully saturated rings. The molecule has 0 atom stereocenters. The number of guanidine groups is 1. The highest BCUT2D eigenvalue weighted by Crippen LogP contribution is 2.02. The summed E-state index contributed by atoms with van der Waals surface area (Å²) < 4.78 is 4.92. The third kappa shape index (κ3) is 10.7. The van der Waals surface area contributed by atoms with E-state index < -0.39 is 0 Å². The first-order valence-corrected chi connectivity index (χ1v) is 9.19. The van der Waals surface area contributed by atoms with Gasteiger partial charge < -0.3 is 25.6 Å². The van der Waals surface area contributed by atoms with Crippen LogP contribution in [0.1, 0.15) is 13.8 Å². The maximum absolute atomic E-state index is 11.8. The molecule has 2 amide bonds. The molecule has 9 nitrogen and oxygen atoms in total. The van der Waals surface area contributed by atoms with Gasteiger partial charge >= 0.3 is 0 Å². The van der Waals surface area contributed by atoms with Gasteiger partial charge in [0.15, 0.2) is 5.96 Å². The van der Waals surface area contributed by atoms with Crippen LogP contribution in [0, 0.1) is 5.92 Å². The zero-order valence-electron chi connectivity index (χ0n) is 16.9. The molecule has 0 aliphatic carbocycles. The summed E-state index contributed by atoms with van der Waals surface area (Å²) in [6.07, 6.45) is 0. The molecule has 0 aromatic heterocycles. The Morgan fingerprint density at radius 3 is 2.22 bits per heavy atom. The van der Waals surface area contributed by atoms with Crippen molar-refractivity contribution in [1.82, 2.24) is 25.8 Å². The second-order valence-corrected chi connectivity index (χ2v) is 6.53. The lowest BCUT2D eigenvalue weighted by Crippen LogP contribution is -2.54. The second-order valence-electron chi connectivity index (χ2n) is 6.53. The van der Waals surface area contributed by atoms with E-state index in [4.69, 9.17) is 4.74 Å². The standard InChI is InChI=1S/C17H34N6O3.HI/c1-14(2)16(25)20-5-6-21-17(18-3)23-10-8-22(9-11-23)13-15(24)19-7-12-26-4;/h14H,5-13H2,1-4H3,(H,18,21)(H,19,24)(H,20,25);1H. The van der Waals surface area contributed by atoms with Crippen LogP contribution in [0.15, 0.2) is 4.99 Å². The molecule has 0 spiro atoms. The Morgan fingerprint density at radius 1 is 1.04 bits per heavy atom. The van der Waals surface area contributed by atoms with E-state index in [-0.39, 0.29) is 41.7 Å². The molecule has 27 heavy (non-hydrogen) atoms. The summed E-state index contributed by atoms with van der Waals surface area (Å²) in [5.41, 5.74) is 0. The fourth-order valence-corrected chi connectivity index (χ4v) is 2.57. The van der Waals surface area contributed by atoms with Crippen molar-refractivity contribution in [2.45, 2.75) is 13.8 Å². The lowest BCUT2D eigenvalue weighted by atomic mass is 10.2. The summed E-state index contributed by atoms with van der Waals surface area (Å²) >= 11 is 0. The van der Waals surface area contributed by atoms with Crippen molar-refractivity contribution in [2.24, 2.45) is 10.9 Å². The Bertz CT molecular complexity index is 468. The molecule has 1 rings (SSSR count). The first kappa shape index (κ1) is 25.9. The predicted molar refractivity (Wildman–Crippen MR) is 118 cm³/mol. The van der Waals surface area contributed by atoms with E-state index in [0.29, 0.717) is 32.8 Å². The number of hydrogen-bond donors (Lipinski definition) is 3. The number of amides is 2. The molecule has 0 bridgehead atoms. The molecule has 1 aliphatic heterocycles. The summed E-state index contributed by atoms with van der Waals surface area (Å²) in [4.78, 5) is 32.0. The number of nitrogens with one attached hydrogen (secondary N) is 3. The minimum absolute atomic E-state index is 0. The van der Waals surface area contributed by atoms with Crippen LogP contribution >= 0.6 is 24.0 Å². The highest BCUT2D eigenvalue weighted by molar-refractivity contribution is 14.0.